The molecule has 16 heavy (non-hydrogen) atoms. The zero-order valence-corrected chi connectivity index (χ0v) is 10.4. The fraction of sp³-hybridized carbons (Fsp3) is 0.500. The highest BCUT2D eigenvalue weighted by atomic mass is 35.5. The lowest BCUT2D eigenvalue weighted by molar-refractivity contribution is 0.161. The Morgan fingerprint density at radius 2 is 2.06 bits per heavy atom. The first-order chi connectivity index (χ1) is 7.66. The second-order valence-corrected chi connectivity index (χ2v) is 5.04. The number of halogens is 2. The summed E-state index contributed by atoms with van der Waals surface area (Å²) in [5.41, 5.74) is 0.807. The second-order valence-electron chi connectivity index (χ2n) is 4.23. The van der Waals surface area contributed by atoms with Crippen LogP contribution < -0.4 is 5.32 Å². The Balaban J connectivity index is 1.91. The van der Waals surface area contributed by atoms with Crippen LogP contribution in [0.3, 0.4) is 0 Å². The fourth-order valence-electron chi connectivity index (χ4n) is 1.73. The lowest BCUT2D eigenvalue weighted by Crippen LogP contribution is -2.37. The van der Waals surface area contributed by atoms with E-state index in [1.807, 2.05) is 0 Å². The molecule has 88 valence electrons. The number of hydrogen-bond acceptors (Lipinski definition) is 2. The van der Waals surface area contributed by atoms with Crippen LogP contribution in [-0.4, -0.2) is 17.7 Å². The summed E-state index contributed by atoms with van der Waals surface area (Å²) < 4.78 is 0. The summed E-state index contributed by atoms with van der Waals surface area (Å²) >= 11 is 11.7. The van der Waals surface area contributed by atoms with Crippen molar-refractivity contribution in [1.82, 2.24) is 5.32 Å². The van der Waals surface area contributed by atoms with E-state index in [0.717, 1.165) is 5.56 Å². The highest BCUT2D eigenvalue weighted by Crippen LogP contribution is 2.26. The van der Waals surface area contributed by atoms with Crippen molar-refractivity contribution in [3.63, 3.8) is 0 Å². The topological polar surface area (TPSA) is 32.3 Å². The molecule has 0 bridgehead atoms. The van der Waals surface area contributed by atoms with E-state index in [1.165, 1.54) is 19.3 Å². The van der Waals surface area contributed by atoms with Gasteiger partial charge in [0.05, 0.1) is 16.1 Å². The van der Waals surface area contributed by atoms with Crippen molar-refractivity contribution < 1.29 is 5.11 Å². The summed E-state index contributed by atoms with van der Waals surface area (Å²) in [6.45, 7) is 0.572. The van der Waals surface area contributed by atoms with Crippen molar-refractivity contribution in [2.75, 3.05) is 6.54 Å². The molecule has 2 N–H and O–H groups in total. The van der Waals surface area contributed by atoms with Gasteiger partial charge in [-0.05, 0) is 30.5 Å². The Morgan fingerprint density at radius 1 is 1.31 bits per heavy atom. The molecular formula is C12H15Cl2NO. The number of aliphatic hydroxyl groups is 1. The average molecular weight is 260 g/mol. The van der Waals surface area contributed by atoms with E-state index in [9.17, 15) is 5.11 Å². The molecule has 1 saturated carbocycles. The zero-order valence-electron chi connectivity index (χ0n) is 8.92. The third kappa shape index (κ3) is 2.89. The first kappa shape index (κ1) is 12.2. The summed E-state index contributed by atoms with van der Waals surface area (Å²) in [7, 11) is 0. The molecule has 0 heterocycles. The van der Waals surface area contributed by atoms with Crippen LogP contribution in [0.25, 0.3) is 0 Å². The summed E-state index contributed by atoms with van der Waals surface area (Å²) in [5.74, 6) is 0. The molecule has 0 aromatic heterocycles. The van der Waals surface area contributed by atoms with E-state index in [1.54, 1.807) is 18.2 Å². The summed E-state index contributed by atoms with van der Waals surface area (Å²) in [5, 5.41) is 14.3. The first-order valence-corrected chi connectivity index (χ1v) is 6.29. The number of aliphatic hydroxyl groups excluding tert-OH is 1. The van der Waals surface area contributed by atoms with E-state index in [2.05, 4.69) is 5.32 Å². The van der Waals surface area contributed by atoms with Crippen LogP contribution in [0.4, 0.5) is 0 Å². The van der Waals surface area contributed by atoms with Crippen molar-refractivity contribution in [2.45, 2.75) is 31.4 Å². The number of benzene rings is 1. The van der Waals surface area contributed by atoms with Crippen LogP contribution >= 0.6 is 23.2 Å². The van der Waals surface area contributed by atoms with Crippen LogP contribution in [0, 0.1) is 0 Å². The van der Waals surface area contributed by atoms with Crippen molar-refractivity contribution in [2.24, 2.45) is 0 Å². The quantitative estimate of drug-likeness (QED) is 0.871. The van der Waals surface area contributed by atoms with Gasteiger partial charge in [0.15, 0.2) is 0 Å². The van der Waals surface area contributed by atoms with Crippen molar-refractivity contribution in [3.05, 3.63) is 33.8 Å². The molecule has 4 heteroatoms. The third-order valence-electron chi connectivity index (χ3n) is 3.03. The number of hydrogen-bond donors (Lipinski definition) is 2. The molecule has 0 saturated heterocycles. The van der Waals surface area contributed by atoms with Gasteiger partial charge in [-0.2, -0.15) is 0 Å². The minimum atomic E-state index is -0.518. The lowest BCUT2D eigenvalue weighted by Gasteiger charge is -2.27. The average Bonchev–Trinajstić information content (AvgIpc) is 2.19. The normalized spacial score (nSPS) is 18.2. The van der Waals surface area contributed by atoms with Crippen molar-refractivity contribution >= 4 is 23.2 Å². The van der Waals surface area contributed by atoms with Crippen LogP contribution in [0.1, 0.15) is 30.9 Å². The Bertz CT molecular complexity index is 366. The van der Waals surface area contributed by atoms with Gasteiger partial charge in [-0.3, -0.25) is 0 Å². The monoisotopic (exact) mass is 259 g/mol. The summed E-state index contributed by atoms with van der Waals surface area (Å²) in [6.07, 6.45) is 3.21. The Morgan fingerprint density at radius 3 is 2.62 bits per heavy atom. The molecule has 1 aromatic carbocycles. The van der Waals surface area contributed by atoms with Gasteiger partial charge in [-0.1, -0.05) is 35.7 Å². The summed E-state index contributed by atoms with van der Waals surface area (Å²) in [6, 6.07) is 5.82. The minimum absolute atomic E-state index is 0.488. The van der Waals surface area contributed by atoms with Crippen LogP contribution in [0.2, 0.25) is 10.0 Å². The standard InChI is InChI=1S/C12H15Cl2NO/c13-10-5-4-8(6-11(10)14)12(16)7-15-9-2-1-3-9/h4-6,9,12,15-16H,1-3,7H2. The van der Waals surface area contributed by atoms with Gasteiger partial charge in [-0.15, -0.1) is 0 Å². The van der Waals surface area contributed by atoms with Gasteiger partial charge in [0.25, 0.3) is 0 Å². The maximum atomic E-state index is 9.94. The van der Waals surface area contributed by atoms with Crippen molar-refractivity contribution in [1.29, 1.82) is 0 Å². The van der Waals surface area contributed by atoms with E-state index < -0.39 is 6.10 Å². The molecule has 0 aliphatic heterocycles. The third-order valence-corrected chi connectivity index (χ3v) is 3.77. The molecular weight excluding hydrogens is 245 g/mol. The Labute approximate surface area is 106 Å². The van der Waals surface area contributed by atoms with Gasteiger partial charge >= 0.3 is 0 Å². The van der Waals surface area contributed by atoms with Crippen molar-refractivity contribution in [3.8, 4) is 0 Å². The maximum Gasteiger partial charge on any atom is 0.0915 e. The molecule has 1 fully saturated rings. The number of rotatable bonds is 4. The number of nitrogens with one attached hydrogen (secondary N) is 1. The fourth-order valence-corrected chi connectivity index (χ4v) is 2.03. The Kier molecular flexibility index (Phi) is 4.09. The predicted molar refractivity (Wildman–Crippen MR) is 67.1 cm³/mol. The molecule has 1 aromatic rings. The van der Waals surface area contributed by atoms with Gasteiger partial charge in [0.2, 0.25) is 0 Å². The molecule has 2 nitrogen and oxygen atoms in total. The van der Waals surface area contributed by atoms with Crippen LogP contribution in [0.15, 0.2) is 18.2 Å². The minimum Gasteiger partial charge on any atom is -0.387 e. The largest absolute Gasteiger partial charge is 0.387 e. The second kappa shape index (κ2) is 5.37. The van der Waals surface area contributed by atoms with E-state index in [4.69, 9.17) is 23.2 Å². The molecule has 1 aliphatic rings. The molecule has 1 aliphatic carbocycles. The van der Waals surface area contributed by atoms with Crippen LogP contribution in [0.5, 0.6) is 0 Å². The van der Waals surface area contributed by atoms with Gasteiger partial charge in [0, 0.05) is 12.6 Å². The zero-order chi connectivity index (χ0) is 11.5. The first-order valence-electron chi connectivity index (χ1n) is 5.53. The predicted octanol–water partition coefficient (Wildman–Crippen LogP) is 3.17. The smallest absolute Gasteiger partial charge is 0.0915 e. The van der Waals surface area contributed by atoms with Gasteiger partial charge < -0.3 is 10.4 Å². The Hall–Kier alpha value is -0.280. The van der Waals surface area contributed by atoms with E-state index in [-0.39, 0.29) is 0 Å². The molecule has 2 rings (SSSR count). The molecule has 0 radical (unpaired) electrons. The highest BCUT2D eigenvalue weighted by Gasteiger charge is 2.18. The highest BCUT2D eigenvalue weighted by molar-refractivity contribution is 6.42. The lowest BCUT2D eigenvalue weighted by atomic mass is 9.93. The molecule has 1 unspecified atom stereocenters. The molecule has 0 spiro atoms. The van der Waals surface area contributed by atoms with Gasteiger partial charge in [0.1, 0.15) is 0 Å². The van der Waals surface area contributed by atoms with Crippen LogP contribution in [-0.2, 0) is 0 Å². The van der Waals surface area contributed by atoms with Gasteiger partial charge in [-0.25, -0.2) is 0 Å². The summed E-state index contributed by atoms with van der Waals surface area (Å²) in [4.78, 5) is 0. The SMILES string of the molecule is OC(CNC1CCC1)c1ccc(Cl)c(Cl)c1. The van der Waals surface area contributed by atoms with E-state index >= 15 is 0 Å². The molecule has 0 amide bonds. The molecule has 1 atom stereocenters. The van der Waals surface area contributed by atoms with E-state index in [0.29, 0.717) is 22.6 Å². The maximum absolute atomic E-state index is 9.94.